The molecule has 204 valence electrons. The minimum absolute atomic E-state index is 0.176. The van der Waals surface area contributed by atoms with E-state index >= 15 is 0 Å². The van der Waals surface area contributed by atoms with Crippen molar-refractivity contribution in [1.82, 2.24) is 14.6 Å². The van der Waals surface area contributed by atoms with Gasteiger partial charge in [0.25, 0.3) is 5.56 Å². The molecule has 0 saturated carbocycles. The molecule has 1 fully saturated rings. The summed E-state index contributed by atoms with van der Waals surface area (Å²) in [6.07, 6.45) is -2.98. The molecule has 1 aromatic heterocycles. The average molecular weight is 580 g/mol. The van der Waals surface area contributed by atoms with Gasteiger partial charge in [0.05, 0.1) is 12.7 Å². The van der Waals surface area contributed by atoms with Crippen LogP contribution < -0.4 is 20.9 Å². The highest BCUT2D eigenvalue weighted by Gasteiger charge is 2.56. The molecule has 1 aliphatic rings. The third-order valence-corrected chi connectivity index (χ3v) is 7.92. The first-order chi connectivity index (χ1) is 17.4. The predicted octanol–water partition coefficient (Wildman–Crippen LogP) is 2.49. The number of H-pyrrole nitrogens is 1. The molecular weight excluding hydrogens is 552 g/mol. The first-order valence-electron chi connectivity index (χ1n) is 11.4. The van der Waals surface area contributed by atoms with Gasteiger partial charge < -0.3 is 19.1 Å². The van der Waals surface area contributed by atoms with Crippen LogP contribution in [-0.2, 0) is 23.4 Å². The summed E-state index contributed by atoms with van der Waals surface area (Å²) in [6, 6.07) is 8.03. The largest absolute Gasteiger partial charge is 0.462 e. The van der Waals surface area contributed by atoms with E-state index in [4.69, 9.17) is 41.7 Å². The van der Waals surface area contributed by atoms with Gasteiger partial charge in [-0.25, -0.2) is 9.36 Å². The number of nitrogens with zero attached hydrogens (tertiary/aromatic N) is 1. The van der Waals surface area contributed by atoms with Crippen LogP contribution in [0.1, 0.15) is 33.4 Å². The molecule has 0 bridgehead atoms. The van der Waals surface area contributed by atoms with E-state index < -0.39 is 60.4 Å². The minimum atomic E-state index is -4.28. The summed E-state index contributed by atoms with van der Waals surface area (Å²) in [5.74, 6) is -0.500. The normalized spacial score (nSPS) is 24.1. The van der Waals surface area contributed by atoms with E-state index in [1.807, 2.05) is 11.9 Å². The van der Waals surface area contributed by atoms with Crippen molar-refractivity contribution in [2.24, 2.45) is 0 Å². The number of aliphatic hydroxyl groups is 1. The summed E-state index contributed by atoms with van der Waals surface area (Å²) >= 11 is 12.6. The number of nitrogens with one attached hydrogen (secondary N) is 2. The van der Waals surface area contributed by atoms with Crippen molar-refractivity contribution in [2.45, 2.75) is 62.1 Å². The monoisotopic (exact) mass is 579 g/mol. The van der Waals surface area contributed by atoms with Gasteiger partial charge in [0.2, 0.25) is 0 Å². The number of benzene rings is 1. The lowest BCUT2D eigenvalue weighted by molar-refractivity contribution is -0.150. The fraction of sp³-hybridized carbons (Fsp3) is 0.500. The zero-order valence-electron chi connectivity index (χ0n) is 20.2. The number of hydrogen-bond donors (Lipinski definition) is 3. The number of carbonyl (C=O) groups is 1. The second-order valence-corrected chi connectivity index (χ2v) is 11.5. The topological polar surface area (TPSA) is 158 Å². The van der Waals surface area contributed by atoms with Gasteiger partial charge >= 0.3 is 19.4 Å². The van der Waals surface area contributed by atoms with Crippen LogP contribution in [0.5, 0.6) is 5.75 Å². The molecule has 1 saturated heterocycles. The highest BCUT2D eigenvalue weighted by molar-refractivity contribution is 7.52. The average Bonchev–Trinajstić information content (AvgIpc) is 3.06. The fourth-order valence-electron chi connectivity index (χ4n) is 3.27. The second-order valence-electron chi connectivity index (χ2n) is 8.37. The van der Waals surface area contributed by atoms with Gasteiger partial charge in [0.1, 0.15) is 24.0 Å². The molecule has 3 N–H and O–H groups in total. The molecule has 0 aliphatic carbocycles. The summed E-state index contributed by atoms with van der Waals surface area (Å²) in [5, 5.41) is 13.2. The maximum absolute atomic E-state index is 13.7. The second kappa shape index (κ2) is 12.1. The van der Waals surface area contributed by atoms with Crippen molar-refractivity contribution in [3.8, 4) is 5.75 Å². The van der Waals surface area contributed by atoms with Crippen LogP contribution in [0.25, 0.3) is 0 Å². The number of halogens is 2. The van der Waals surface area contributed by atoms with E-state index in [-0.39, 0.29) is 11.9 Å². The molecule has 2 aromatic rings. The van der Waals surface area contributed by atoms with Crippen LogP contribution in [0.3, 0.4) is 0 Å². The van der Waals surface area contributed by atoms with Gasteiger partial charge in [-0.05, 0) is 32.4 Å². The number of carbonyl (C=O) groups excluding carboxylic acids is 1. The van der Waals surface area contributed by atoms with E-state index in [0.717, 1.165) is 16.8 Å². The van der Waals surface area contributed by atoms with Crippen molar-refractivity contribution in [2.75, 3.05) is 6.61 Å². The SMILES string of the molecule is CC[C@H](C)OC(=O)[C@H](C)NP(=O)(OC[C@H]1OC(n2ccc(=O)[nH]c2=O)C(Cl)(Cl)[C@@H]1O)Oc1ccccc1. The van der Waals surface area contributed by atoms with E-state index in [0.29, 0.717) is 6.42 Å². The molecule has 3 rings (SSSR count). The van der Waals surface area contributed by atoms with Crippen molar-refractivity contribution in [1.29, 1.82) is 0 Å². The molecule has 1 aromatic carbocycles. The number of ether oxygens (including phenoxy) is 2. The Balaban J connectivity index is 1.79. The first-order valence-corrected chi connectivity index (χ1v) is 13.7. The Labute approximate surface area is 222 Å². The standard InChI is InChI=1S/C22H28Cl2N3O9P/c1-4-13(2)34-19(30)14(3)26-37(32,36-15-8-6-5-7-9-15)33-12-16-18(29)22(23,24)20(35-16)27-11-10-17(28)25-21(27)31/h5-11,13-14,16,18,20,29H,4,12H2,1-3H3,(H,26,32)(H,25,28,31)/t13-,14-,16+,18+,20?,37?/m0/s1. The van der Waals surface area contributed by atoms with Crippen LogP contribution in [0.2, 0.25) is 0 Å². The van der Waals surface area contributed by atoms with Crippen molar-refractivity contribution in [3.63, 3.8) is 0 Å². The van der Waals surface area contributed by atoms with Crippen LogP contribution in [0.4, 0.5) is 0 Å². The van der Waals surface area contributed by atoms with Crippen molar-refractivity contribution in [3.05, 3.63) is 63.4 Å². The van der Waals surface area contributed by atoms with E-state index in [1.54, 1.807) is 25.1 Å². The van der Waals surface area contributed by atoms with Gasteiger partial charge in [-0.2, -0.15) is 5.09 Å². The third-order valence-electron chi connectivity index (χ3n) is 5.46. The van der Waals surface area contributed by atoms with E-state index in [9.17, 15) is 24.1 Å². The third kappa shape index (κ3) is 7.23. The van der Waals surface area contributed by atoms with Gasteiger partial charge in [-0.1, -0.05) is 48.3 Å². The summed E-state index contributed by atoms with van der Waals surface area (Å²) < 4.78 is 34.6. The molecule has 0 amide bonds. The van der Waals surface area contributed by atoms with Gasteiger partial charge in [-0.15, -0.1) is 0 Å². The molecule has 1 aliphatic heterocycles. The lowest BCUT2D eigenvalue weighted by Gasteiger charge is -2.25. The number of hydrogen-bond acceptors (Lipinski definition) is 9. The Hall–Kier alpha value is -2.18. The van der Waals surface area contributed by atoms with Gasteiger partial charge in [-0.3, -0.25) is 23.7 Å². The van der Waals surface area contributed by atoms with Crippen LogP contribution >= 0.6 is 30.9 Å². The Morgan fingerprint density at radius 2 is 1.95 bits per heavy atom. The van der Waals surface area contributed by atoms with Gasteiger partial charge in [0.15, 0.2) is 10.6 Å². The Kier molecular flexibility index (Phi) is 9.62. The predicted molar refractivity (Wildman–Crippen MR) is 135 cm³/mol. The van der Waals surface area contributed by atoms with Crippen LogP contribution in [0.15, 0.2) is 52.2 Å². The molecule has 37 heavy (non-hydrogen) atoms. The summed E-state index contributed by atoms with van der Waals surface area (Å²) in [6.45, 7) is 4.42. The molecule has 15 heteroatoms. The molecule has 12 nitrogen and oxygen atoms in total. The Morgan fingerprint density at radius 3 is 2.57 bits per heavy atom. The number of aromatic amines is 1. The number of esters is 1. The lowest BCUT2D eigenvalue weighted by Crippen LogP contribution is -2.41. The number of alkyl halides is 2. The highest BCUT2D eigenvalue weighted by Crippen LogP contribution is 2.49. The number of aliphatic hydroxyl groups excluding tert-OH is 1. The molecule has 2 heterocycles. The zero-order chi connectivity index (χ0) is 27.4. The summed E-state index contributed by atoms with van der Waals surface area (Å²) in [7, 11) is -4.28. The quantitative estimate of drug-likeness (QED) is 0.205. The van der Waals surface area contributed by atoms with Crippen LogP contribution in [-0.4, -0.2) is 55.9 Å². The smallest absolute Gasteiger partial charge is 0.459 e. The van der Waals surface area contributed by atoms with Crippen molar-refractivity contribution >= 4 is 36.9 Å². The van der Waals surface area contributed by atoms with E-state index in [1.165, 1.54) is 19.1 Å². The molecule has 0 spiro atoms. The molecular formula is C22H28Cl2N3O9P. The van der Waals surface area contributed by atoms with Crippen LogP contribution in [0, 0.1) is 0 Å². The van der Waals surface area contributed by atoms with E-state index in [2.05, 4.69) is 5.09 Å². The molecule has 2 unspecified atom stereocenters. The minimum Gasteiger partial charge on any atom is -0.462 e. The fourth-order valence-corrected chi connectivity index (χ4v) is 5.37. The maximum atomic E-state index is 13.7. The Morgan fingerprint density at radius 1 is 1.27 bits per heavy atom. The highest BCUT2D eigenvalue weighted by atomic mass is 35.5. The maximum Gasteiger partial charge on any atom is 0.459 e. The molecule has 0 radical (unpaired) electrons. The number of aromatic nitrogens is 2. The number of rotatable bonds is 11. The lowest BCUT2D eigenvalue weighted by atomic mass is 10.2. The molecule has 6 atom stereocenters. The Bertz CT molecular complexity index is 1240. The first kappa shape index (κ1) is 29.4. The summed E-state index contributed by atoms with van der Waals surface area (Å²) in [4.78, 5) is 38.1. The zero-order valence-corrected chi connectivity index (χ0v) is 22.6. The van der Waals surface area contributed by atoms with Gasteiger partial charge in [0, 0.05) is 12.3 Å². The van der Waals surface area contributed by atoms with Crippen molar-refractivity contribution < 1.29 is 33.0 Å². The summed E-state index contributed by atoms with van der Waals surface area (Å²) in [5.41, 5.74) is -1.52. The number of para-hydroxylation sites is 1.